The van der Waals surface area contributed by atoms with Gasteiger partial charge in [-0.3, -0.25) is 9.36 Å². The van der Waals surface area contributed by atoms with Crippen LogP contribution in [0.4, 0.5) is 17.3 Å². The molecule has 212 valence electrons. The van der Waals surface area contributed by atoms with Crippen molar-refractivity contribution >= 4 is 28.4 Å². The summed E-state index contributed by atoms with van der Waals surface area (Å²) in [5.74, 6) is 1.08. The first-order valence-electron chi connectivity index (χ1n) is 15.1. The summed E-state index contributed by atoms with van der Waals surface area (Å²) in [5, 5.41) is 7.55. The van der Waals surface area contributed by atoms with Gasteiger partial charge in [-0.15, -0.1) is 0 Å². The van der Waals surface area contributed by atoms with Gasteiger partial charge in [-0.05, 0) is 84.8 Å². The number of aryl methyl sites for hydroxylation is 1. The van der Waals surface area contributed by atoms with Crippen molar-refractivity contribution in [3.05, 3.63) is 107 Å². The van der Waals surface area contributed by atoms with E-state index in [4.69, 9.17) is 4.98 Å². The Bertz CT molecular complexity index is 1770. The number of hydrogen-bond donors (Lipinski definition) is 2. The standard InChI is InChI=1S/C35H36N6O/c1-24-21-26(25-7-5-6-8-25)11-16-31(24)32-22-27-23-37-35(39-33(27)41(34(32)42)30-9-3-2-4-10-30)38-28-12-14-29(15-13-28)40-19-17-36-18-20-40/h2-4,9-16,21-23,25,36H,5-8,17-20H2,1H3,(H,37,38,39). The third-order valence-corrected chi connectivity index (χ3v) is 8.73. The number of rotatable bonds is 6. The van der Waals surface area contributed by atoms with E-state index >= 15 is 0 Å². The molecule has 3 aromatic carbocycles. The lowest BCUT2D eigenvalue weighted by Crippen LogP contribution is -2.43. The molecule has 1 aliphatic heterocycles. The first kappa shape index (κ1) is 26.4. The van der Waals surface area contributed by atoms with Crippen molar-refractivity contribution in [1.29, 1.82) is 0 Å². The number of nitrogens with one attached hydrogen (secondary N) is 2. The largest absolute Gasteiger partial charge is 0.369 e. The van der Waals surface area contributed by atoms with Gasteiger partial charge in [-0.1, -0.05) is 49.2 Å². The SMILES string of the molecule is Cc1cc(C2CCCC2)ccc1-c1cc2cnc(Nc3ccc(N4CCNCC4)cc3)nc2n(-c2ccccc2)c1=O. The van der Waals surface area contributed by atoms with Gasteiger partial charge in [0.2, 0.25) is 5.95 Å². The zero-order chi connectivity index (χ0) is 28.5. The lowest BCUT2D eigenvalue weighted by molar-refractivity contribution is 0.589. The number of nitrogens with zero attached hydrogens (tertiary/aromatic N) is 4. The summed E-state index contributed by atoms with van der Waals surface area (Å²) in [7, 11) is 0. The molecule has 0 unspecified atom stereocenters. The average molecular weight is 557 g/mol. The van der Waals surface area contributed by atoms with E-state index in [-0.39, 0.29) is 5.56 Å². The Kier molecular flexibility index (Phi) is 7.18. The zero-order valence-electron chi connectivity index (χ0n) is 24.0. The van der Waals surface area contributed by atoms with Crippen LogP contribution in [-0.4, -0.2) is 40.7 Å². The fourth-order valence-electron chi connectivity index (χ4n) is 6.48. The molecule has 1 aliphatic carbocycles. The van der Waals surface area contributed by atoms with E-state index in [1.807, 2.05) is 42.6 Å². The highest BCUT2D eigenvalue weighted by molar-refractivity contribution is 5.84. The van der Waals surface area contributed by atoms with Gasteiger partial charge in [-0.25, -0.2) is 4.98 Å². The summed E-state index contributed by atoms with van der Waals surface area (Å²) < 4.78 is 1.72. The lowest BCUT2D eigenvalue weighted by Gasteiger charge is -2.29. The van der Waals surface area contributed by atoms with Crippen LogP contribution in [0.5, 0.6) is 0 Å². The molecule has 7 heteroatoms. The number of aromatic nitrogens is 3. The van der Waals surface area contributed by atoms with Crippen LogP contribution in [0.1, 0.15) is 42.7 Å². The van der Waals surface area contributed by atoms with Crippen LogP contribution >= 0.6 is 0 Å². The summed E-state index contributed by atoms with van der Waals surface area (Å²) in [6.07, 6.45) is 6.92. The van der Waals surface area contributed by atoms with Crippen molar-refractivity contribution in [2.45, 2.75) is 38.5 Å². The van der Waals surface area contributed by atoms with Gasteiger partial charge in [0, 0.05) is 54.7 Å². The van der Waals surface area contributed by atoms with Crippen LogP contribution in [0, 0.1) is 6.92 Å². The number of anilines is 3. The second-order valence-corrected chi connectivity index (χ2v) is 11.5. The van der Waals surface area contributed by atoms with Crippen LogP contribution in [0.2, 0.25) is 0 Å². The molecule has 1 saturated carbocycles. The molecular formula is C35H36N6O. The predicted octanol–water partition coefficient (Wildman–Crippen LogP) is 6.57. The molecule has 2 aliphatic rings. The highest BCUT2D eigenvalue weighted by atomic mass is 16.1. The van der Waals surface area contributed by atoms with E-state index in [1.165, 1.54) is 36.9 Å². The molecule has 3 heterocycles. The molecule has 2 aromatic heterocycles. The topological polar surface area (TPSA) is 75.1 Å². The van der Waals surface area contributed by atoms with E-state index < -0.39 is 0 Å². The predicted molar refractivity (Wildman–Crippen MR) is 171 cm³/mol. The maximum absolute atomic E-state index is 14.2. The maximum atomic E-state index is 14.2. The highest BCUT2D eigenvalue weighted by Crippen LogP contribution is 2.36. The Hall–Kier alpha value is -4.49. The Labute approximate surface area is 246 Å². The van der Waals surface area contributed by atoms with Gasteiger partial charge in [-0.2, -0.15) is 4.98 Å². The van der Waals surface area contributed by atoms with Gasteiger partial charge in [0.15, 0.2) is 5.65 Å². The van der Waals surface area contributed by atoms with Crippen molar-refractivity contribution < 1.29 is 0 Å². The van der Waals surface area contributed by atoms with Crippen molar-refractivity contribution in [1.82, 2.24) is 19.9 Å². The molecule has 7 rings (SSSR count). The van der Waals surface area contributed by atoms with E-state index in [0.29, 0.717) is 23.1 Å². The molecule has 7 nitrogen and oxygen atoms in total. The van der Waals surface area contributed by atoms with Crippen LogP contribution in [0.15, 0.2) is 89.9 Å². The fraction of sp³-hybridized carbons (Fsp3) is 0.286. The zero-order valence-corrected chi connectivity index (χ0v) is 24.0. The number of piperazine rings is 1. The molecule has 1 saturated heterocycles. The van der Waals surface area contributed by atoms with Crippen LogP contribution in [0.3, 0.4) is 0 Å². The number of fused-ring (bicyclic) bond motifs is 1. The summed E-state index contributed by atoms with van der Waals surface area (Å²) in [5.41, 5.74) is 7.50. The summed E-state index contributed by atoms with van der Waals surface area (Å²) in [4.78, 5) is 26.1. The monoisotopic (exact) mass is 556 g/mol. The first-order chi connectivity index (χ1) is 20.6. The van der Waals surface area contributed by atoms with Gasteiger partial charge < -0.3 is 15.5 Å². The maximum Gasteiger partial charge on any atom is 0.264 e. The number of pyridine rings is 1. The molecule has 0 atom stereocenters. The van der Waals surface area contributed by atoms with E-state index in [2.05, 4.69) is 69.9 Å². The average Bonchev–Trinajstić information content (AvgIpc) is 3.58. The number of para-hydroxylation sites is 1. The molecule has 0 amide bonds. The Balaban J connectivity index is 1.27. The third kappa shape index (κ3) is 5.16. The van der Waals surface area contributed by atoms with E-state index in [0.717, 1.165) is 54.1 Å². The van der Waals surface area contributed by atoms with E-state index in [1.54, 1.807) is 4.57 Å². The van der Waals surface area contributed by atoms with Crippen molar-refractivity contribution in [3.8, 4) is 16.8 Å². The van der Waals surface area contributed by atoms with Crippen molar-refractivity contribution in [3.63, 3.8) is 0 Å². The van der Waals surface area contributed by atoms with E-state index in [9.17, 15) is 4.79 Å². The molecule has 2 fully saturated rings. The molecule has 42 heavy (non-hydrogen) atoms. The minimum Gasteiger partial charge on any atom is -0.369 e. The first-order valence-corrected chi connectivity index (χ1v) is 15.1. The number of hydrogen-bond acceptors (Lipinski definition) is 6. The molecule has 0 bridgehead atoms. The fourth-order valence-corrected chi connectivity index (χ4v) is 6.48. The molecule has 2 N–H and O–H groups in total. The Morgan fingerprint density at radius 2 is 1.62 bits per heavy atom. The second-order valence-electron chi connectivity index (χ2n) is 11.5. The van der Waals surface area contributed by atoms with Gasteiger partial charge in [0.1, 0.15) is 0 Å². The summed E-state index contributed by atoms with van der Waals surface area (Å²) in [6, 6.07) is 26.7. The lowest BCUT2D eigenvalue weighted by atomic mass is 9.92. The normalized spacial score (nSPS) is 15.8. The van der Waals surface area contributed by atoms with Crippen molar-refractivity contribution in [2.24, 2.45) is 0 Å². The van der Waals surface area contributed by atoms with Crippen LogP contribution in [-0.2, 0) is 0 Å². The van der Waals surface area contributed by atoms with Gasteiger partial charge in [0.05, 0.1) is 5.69 Å². The van der Waals surface area contributed by atoms with Crippen LogP contribution in [0.25, 0.3) is 27.8 Å². The number of benzene rings is 3. The minimum absolute atomic E-state index is 0.0876. The molecule has 0 spiro atoms. The quantitative estimate of drug-likeness (QED) is 0.247. The third-order valence-electron chi connectivity index (χ3n) is 8.73. The van der Waals surface area contributed by atoms with Crippen molar-refractivity contribution in [2.75, 3.05) is 36.4 Å². The Morgan fingerprint density at radius 3 is 2.36 bits per heavy atom. The summed E-state index contributed by atoms with van der Waals surface area (Å²) in [6.45, 7) is 6.12. The van der Waals surface area contributed by atoms with Gasteiger partial charge in [0.25, 0.3) is 5.56 Å². The molecule has 5 aromatic rings. The Morgan fingerprint density at radius 1 is 0.857 bits per heavy atom. The molecular weight excluding hydrogens is 520 g/mol. The highest BCUT2D eigenvalue weighted by Gasteiger charge is 2.20. The summed E-state index contributed by atoms with van der Waals surface area (Å²) >= 11 is 0. The smallest absolute Gasteiger partial charge is 0.264 e. The minimum atomic E-state index is -0.0876. The van der Waals surface area contributed by atoms with Gasteiger partial charge >= 0.3 is 0 Å². The second kappa shape index (κ2) is 11.4. The van der Waals surface area contributed by atoms with Crippen LogP contribution < -0.4 is 21.1 Å². The molecule has 0 radical (unpaired) electrons.